The monoisotopic (exact) mass is 283 g/mol. The van der Waals surface area contributed by atoms with Crippen LogP contribution in [0.3, 0.4) is 0 Å². The van der Waals surface area contributed by atoms with Crippen LogP contribution >= 0.6 is 0 Å². The van der Waals surface area contributed by atoms with E-state index in [0.717, 1.165) is 18.8 Å². The van der Waals surface area contributed by atoms with Gasteiger partial charge in [0, 0.05) is 23.8 Å². The quantitative estimate of drug-likeness (QED) is 0.871. The van der Waals surface area contributed by atoms with Crippen LogP contribution in [0.4, 0.5) is 5.69 Å². The summed E-state index contributed by atoms with van der Waals surface area (Å²) in [6.07, 6.45) is 3.02. The van der Waals surface area contributed by atoms with Gasteiger partial charge < -0.3 is 14.5 Å². The van der Waals surface area contributed by atoms with Gasteiger partial charge in [-0.1, -0.05) is 26.0 Å². The maximum Gasteiger partial charge on any atom is 0.126 e. The van der Waals surface area contributed by atoms with Crippen molar-refractivity contribution in [3.8, 4) is 0 Å². The first-order chi connectivity index (χ1) is 10.2. The lowest BCUT2D eigenvalue weighted by Gasteiger charge is -2.35. The largest absolute Gasteiger partial charge is 0.467 e. The van der Waals surface area contributed by atoms with E-state index < -0.39 is 0 Å². The molecule has 1 fully saturated rings. The molecule has 110 valence electrons. The van der Waals surface area contributed by atoms with Crippen molar-refractivity contribution in [3.05, 3.63) is 53.5 Å². The van der Waals surface area contributed by atoms with Gasteiger partial charge in [0.15, 0.2) is 0 Å². The zero-order valence-corrected chi connectivity index (χ0v) is 12.5. The second-order valence-corrected chi connectivity index (χ2v) is 6.38. The van der Waals surface area contributed by atoms with E-state index in [1.165, 1.54) is 16.8 Å². The summed E-state index contributed by atoms with van der Waals surface area (Å²) in [7, 11) is 0. The maximum atomic E-state index is 6.06. The molecule has 0 radical (unpaired) electrons. The molecule has 4 rings (SSSR count). The van der Waals surface area contributed by atoms with Crippen molar-refractivity contribution in [2.45, 2.75) is 38.3 Å². The summed E-state index contributed by atoms with van der Waals surface area (Å²) in [5.41, 5.74) is 3.87. The van der Waals surface area contributed by atoms with E-state index in [1.807, 2.05) is 6.07 Å². The van der Waals surface area contributed by atoms with Crippen molar-refractivity contribution in [2.75, 3.05) is 11.9 Å². The van der Waals surface area contributed by atoms with E-state index in [1.54, 1.807) is 6.26 Å². The van der Waals surface area contributed by atoms with Gasteiger partial charge in [-0.25, -0.2) is 0 Å². The minimum Gasteiger partial charge on any atom is -0.467 e. The van der Waals surface area contributed by atoms with Crippen LogP contribution in [0.1, 0.15) is 55.2 Å². The predicted molar refractivity (Wildman–Crippen MR) is 82.4 cm³/mol. The molecule has 3 atom stereocenters. The maximum absolute atomic E-state index is 6.06. The summed E-state index contributed by atoms with van der Waals surface area (Å²) in [5, 5.41) is 3.66. The van der Waals surface area contributed by atoms with E-state index in [2.05, 4.69) is 43.4 Å². The molecule has 2 aliphatic rings. The van der Waals surface area contributed by atoms with Crippen molar-refractivity contribution in [1.29, 1.82) is 0 Å². The van der Waals surface area contributed by atoms with Crippen LogP contribution in [-0.2, 0) is 4.74 Å². The van der Waals surface area contributed by atoms with Crippen LogP contribution < -0.4 is 5.32 Å². The molecule has 1 saturated heterocycles. The Labute approximate surface area is 125 Å². The molecule has 3 unspecified atom stereocenters. The highest BCUT2D eigenvalue weighted by molar-refractivity contribution is 5.58. The van der Waals surface area contributed by atoms with Gasteiger partial charge in [-0.05, 0) is 36.1 Å². The van der Waals surface area contributed by atoms with Gasteiger partial charge >= 0.3 is 0 Å². The third-order valence-corrected chi connectivity index (χ3v) is 4.78. The lowest BCUT2D eigenvalue weighted by molar-refractivity contribution is 0.0807. The molecule has 1 N–H and O–H groups in total. The lowest BCUT2D eigenvalue weighted by atomic mass is 9.82. The third-order valence-electron chi connectivity index (χ3n) is 4.78. The highest BCUT2D eigenvalue weighted by Crippen LogP contribution is 2.50. The fourth-order valence-electron chi connectivity index (χ4n) is 3.60. The minimum absolute atomic E-state index is 0.190. The molecular formula is C18H21NO2. The summed E-state index contributed by atoms with van der Waals surface area (Å²) in [5.74, 6) is 2.00. The third kappa shape index (κ3) is 2.07. The average molecular weight is 283 g/mol. The normalized spacial score (nSPS) is 27.3. The van der Waals surface area contributed by atoms with Crippen LogP contribution in [0.25, 0.3) is 0 Å². The van der Waals surface area contributed by atoms with Crippen LogP contribution in [0, 0.1) is 5.92 Å². The predicted octanol–water partition coefficient (Wildman–Crippen LogP) is 4.65. The highest BCUT2D eigenvalue weighted by Gasteiger charge is 2.42. The second-order valence-electron chi connectivity index (χ2n) is 6.38. The summed E-state index contributed by atoms with van der Waals surface area (Å²) in [6.45, 7) is 5.30. The molecule has 0 saturated carbocycles. The summed E-state index contributed by atoms with van der Waals surface area (Å²) in [6, 6.07) is 10.9. The van der Waals surface area contributed by atoms with Crippen molar-refractivity contribution in [2.24, 2.45) is 5.92 Å². The fourth-order valence-corrected chi connectivity index (χ4v) is 3.60. The Morgan fingerprint density at radius 2 is 2.14 bits per heavy atom. The number of ether oxygens (including phenoxy) is 1. The first-order valence-electron chi connectivity index (χ1n) is 7.79. The molecule has 0 bridgehead atoms. The molecule has 3 nitrogen and oxygen atoms in total. The van der Waals surface area contributed by atoms with Crippen molar-refractivity contribution < 1.29 is 9.15 Å². The topological polar surface area (TPSA) is 34.4 Å². The van der Waals surface area contributed by atoms with Gasteiger partial charge in [0.2, 0.25) is 0 Å². The van der Waals surface area contributed by atoms with E-state index in [0.29, 0.717) is 11.8 Å². The number of fused-ring (bicyclic) bond motifs is 3. The van der Waals surface area contributed by atoms with E-state index >= 15 is 0 Å². The molecule has 0 amide bonds. The highest BCUT2D eigenvalue weighted by atomic mass is 16.5. The van der Waals surface area contributed by atoms with Gasteiger partial charge in [0.25, 0.3) is 0 Å². The number of rotatable bonds is 2. The van der Waals surface area contributed by atoms with E-state index in [4.69, 9.17) is 9.15 Å². The first kappa shape index (κ1) is 13.0. The Morgan fingerprint density at radius 3 is 2.90 bits per heavy atom. The number of anilines is 1. The van der Waals surface area contributed by atoms with Crippen molar-refractivity contribution >= 4 is 5.69 Å². The van der Waals surface area contributed by atoms with Gasteiger partial charge in [-0.3, -0.25) is 0 Å². The number of furan rings is 1. The first-order valence-corrected chi connectivity index (χ1v) is 7.79. The van der Waals surface area contributed by atoms with Crippen LogP contribution in [0.5, 0.6) is 0 Å². The van der Waals surface area contributed by atoms with Gasteiger partial charge in [-0.2, -0.15) is 0 Å². The van der Waals surface area contributed by atoms with E-state index in [-0.39, 0.29) is 12.1 Å². The van der Waals surface area contributed by atoms with Crippen molar-refractivity contribution in [3.63, 3.8) is 0 Å². The zero-order valence-electron chi connectivity index (χ0n) is 12.5. The second kappa shape index (κ2) is 4.92. The molecule has 3 heterocycles. The number of hydrogen-bond acceptors (Lipinski definition) is 3. The average Bonchev–Trinajstić information content (AvgIpc) is 3.17. The van der Waals surface area contributed by atoms with Crippen molar-refractivity contribution in [1.82, 2.24) is 0 Å². The van der Waals surface area contributed by atoms with Gasteiger partial charge in [-0.15, -0.1) is 0 Å². The summed E-state index contributed by atoms with van der Waals surface area (Å²) >= 11 is 0. The van der Waals surface area contributed by atoms with Crippen LogP contribution in [-0.4, -0.2) is 6.61 Å². The summed E-state index contributed by atoms with van der Waals surface area (Å²) in [4.78, 5) is 0. The molecule has 1 aromatic carbocycles. The number of hydrogen-bond donors (Lipinski definition) is 1. The number of benzene rings is 1. The molecule has 2 aromatic rings. The Kier molecular flexibility index (Phi) is 3.03. The van der Waals surface area contributed by atoms with E-state index in [9.17, 15) is 0 Å². The molecular weight excluding hydrogens is 262 g/mol. The van der Waals surface area contributed by atoms with Crippen LogP contribution in [0.2, 0.25) is 0 Å². The molecule has 0 spiro atoms. The molecule has 21 heavy (non-hydrogen) atoms. The molecule has 2 aliphatic heterocycles. The zero-order chi connectivity index (χ0) is 14.4. The fraction of sp³-hybridized carbons (Fsp3) is 0.444. The molecule has 0 aliphatic carbocycles. The Morgan fingerprint density at radius 1 is 1.24 bits per heavy atom. The Balaban J connectivity index is 1.77. The smallest absolute Gasteiger partial charge is 0.126 e. The number of nitrogens with one attached hydrogen (secondary N) is 1. The lowest BCUT2D eigenvalue weighted by Crippen LogP contribution is -2.29. The molecule has 1 aromatic heterocycles. The Hall–Kier alpha value is -1.74. The van der Waals surface area contributed by atoms with Gasteiger partial charge in [0.1, 0.15) is 5.76 Å². The SMILES string of the molecule is CC(C)c1ccc2c(c1)C1OCCC1C(c1ccco1)N2. The minimum atomic E-state index is 0.190. The van der Waals surface area contributed by atoms with Gasteiger partial charge in [0.05, 0.1) is 18.4 Å². The van der Waals surface area contributed by atoms with Crippen LogP contribution in [0.15, 0.2) is 41.0 Å². The molecule has 3 heteroatoms. The standard InChI is InChI=1S/C18H21NO2/c1-11(2)12-5-6-15-14(10-12)18-13(7-9-21-18)17(19-15)16-4-3-8-20-16/h3-6,8,10-11,13,17-19H,7,9H2,1-2H3. The Bertz CT molecular complexity index is 633. The summed E-state index contributed by atoms with van der Waals surface area (Å²) < 4.78 is 11.7.